The molecular weight excluding hydrogens is 707 g/mol. The topological polar surface area (TPSA) is 48.5 Å². The Morgan fingerprint density at radius 3 is 1.34 bits per heavy atom. The summed E-state index contributed by atoms with van der Waals surface area (Å²) in [6.45, 7) is 0. The van der Waals surface area contributed by atoms with Crippen molar-refractivity contribution in [3.05, 3.63) is 221 Å². The van der Waals surface area contributed by atoms with Crippen LogP contribution in [0.1, 0.15) is 45.2 Å². The van der Waals surface area contributed by atoms with Gasteiger partial charge in [0.1, 0.15) is 0 Å². The molecule has 14 rings (SSSR count). The maximum absolute atomic E-state index is 5.25. The lowest BCUT2D eigenvalue weighted by atomic mass is 9.59. The fraction of sp³-hybridized carbons (Fsp3) is 0.0377. The van der Waals surface area contributed by atoms with Gasteiger partial charge in [-0.1, -0.05) is 152 Å². The first-order chi connectivity index (χ1) is 28.8. The summed E-state index contributed by atoms with van der Waals surface area (Å²) in [7, 11) is 0. The number of hydrogen-bond acceptors (Lipinski definition) is 3. The lowest BCUT2D eigenvalue weighted by Gasteiger charge is -2.43. The van der Waals surface area contributed by atoms with Gasteiger partial charge in [0.05, 0.1) is 22.1 Å². The zero-order valence-corrected chi connectivity index (χ0v) is 31.3. The molecule has 0 radical (unpaired) electrons. The van der Waals surface area contributed by atoms with E-state index < -0.39 is 0 Å². The second-order valence-corrected chi connectivity index (χ2v) is 15.5. The summed E-state index contributed by atoms with van der Waals surface area (Å²) < 4.78 is 4.71. The number of fused-ring (bicyclic) bond motifs is 6. The van der Waals surface area contributed by atoms with Crippen molar-refractivity contribution < 1.29 is 0 Å². The molecule has 2 unspecified atom stereocenters. The van der Waals surface area contributed by atoms with Crippen molar-refractivity contribution in [1.29, 1.82) is 0 Å². The lowest BCUT2D eigenvalue weighted by molar-refractivity contribution is 0.768. The third-order valence-electron chi connectivity index (χ3n) is 12.5. The molecule has 0 saturated heterocycles. The molecule has 0 aliphatic heterocycles. The quantitative estimate of drug-likeness (QED) is 0.181. The largest absolute Gasteiger partial charge is 0.309 e. The fourth-order valence-corrected chi connectivity index (χ4v) is 10.3. The Hall–Kier alpha value is -7.63. The summed E-state index contributed by atoms with van der Waals surface area (Å²) in [5.41, 5.74) is 16.1. The molecule has 5 heteroatoms. The van der Waals surface area contributed by atoms with Gasteiger partial charge < -0.3 is 4.57 Å². The minimum atomic E-state index is 0.0194. The van der Waals surface area contributed by atoms with Gasteiger partial charge in [0.15, 0.2) is 11.6 Å². The Balaban J connectivity index is 1.14. The summed E-state index contributed by atoms with van der Waals surface area (Å²) in [6.07, 6.45) is 0. The first-order valence-corrected chi connectivity index (χ1v) is 20.0. The monoisotopic (exact) mass is 739 g/mol. The molecule has 5 nitrogen and oxygen atoms in total. The van der Waals surface area contributed by atoms with Gasteiger partial charge in [0.25, 0.3) is 0 Å². The molecule has 3 heterocycles. The van der Waals surface area contributed by atoms with E-state index in [-0.39, 0.29) is 11.8 Å². The average Bonchev–Trinajstić information content (AvgIpc) is 3.83. The van der Waals surface area contributed by atoms with Gasteiger partial charge in [-0.15, -0.1) is 0 Å². The number of aromatic nitrogens is 5. The molecule has 270 valence electrons. The molecule has 0 spiro atoms. The van der Waals surface area contributed by atoms with Crippen LogP contribution in [0.5, 0.6) is 0 Å². The Kier molecular flexibility index (Phi) is 6.50. The minimum absolute atomic E-state index is 0.0194. The smallest absolute Gasteiger partial charge is 0.238 e. The molecule has 0 saturated carbocycles. The number of hydrogen-bond donors (Lipinski definition) is 0. The molecule has 8 aromatic carbocycles. The van der Waals surface area contributed by atoms with E-state index in [0.717, 1.165) is 22.2 Å². The Labute approximate surface area is 334 Å². The van der Waals surface area contributed by atoms with Crippen LogP contribution in [0.3, 0.4) is 0 Å². The van der Waals surface area contributed by atoms with Crippen molar-refractivity contribution in [2.24, 2.45) is 0 Å². The van der Waals surface area contributed by atoms with Gasteiger partial charge in [-0.25, -0.2) is 4.98 Å². The predicted octanol–water partition coefficient (Wildman–Crippen LogP) is 12.4. The van der Waals surface area contributed by atoms with Gasteiger partial charge in [0.2, 0.25) is 5.95 Å². The van der Waals surface area contributed by atoms with Crippen molar-refractivity contribution in [3.8, 4) is 34.4 Å². The Morgan fingerprint density at radius 1 is 0.328 bits per heavy atom. The van der Waals surface area contributed by atoms with Crippen molar-refractivity contribution in [2.75, 3.05) is 0 Å². The molecule has 3 aliphatic rings. The minimum Gasteiger partial charge on any atom is -0.309 e. The van der Waals surface area contributed by atoms with Gasteiger partial charge in [-0.05, 0) is 69.8 Å². The van der Waals surface area contributed by atoms with E-state index >= 15 is 0 Å². The molecule has 58 heavy (non-hydrogen) atoms. The van der Waals surface area contributed by atoms with E-state index in [0.29, 0.717) is 17.6 Å². The van der Waals surface area contributed by atoms with Gasteiger partial charge >= 0.3 is 0 Å². The lowest BCUT2D eigenvalue weighted by Crippen LogP contribution is -2.28. The van der Waals surface area contributed by atoms with Crippen LogP contribution in [0.4, 0.5) is 0 Å². The Morgan fingerprint density at radius 2 is 0.776 bits per heavy atom. The Bertz CT molecular complexity index is 3400. The van der Waals surface area contributed by atoms with Crippen LogP contribution in [0.15, 0.2) is 188 Å². The molecule has 3 aromatic heterocycles. The van der Waals surface area contributed by atoms with E-state index in [1.807, 2.05) is 36.4 Å². The van der Waals surface area contributed by atoms with Crippen LogP contribution in [0.2, 0.25) is 0 Å². The number of nitrogens with zero attached hydrogens (tertiary/aromatic N) is 5. The van der Waals surface area contributed by atoms with E-state index in [1.54, 1.807) is 0 Å². The zero-order chi connectivity index (χ0) is 37.9. The predicted molar refractivity (Wildman–Crippen MR) is 234 cm³/mol. The van der Waals surface area contributed by atoms with Crippen LogP contribution in [-0.4, -0.2) is 24.1 Å². The second-order valence-electron chi connectivity index (χ2n) is 15.5. The summed E-state index contributed by atoms with van der Waals surface area (Å²) in [5, 5.41) is 5.08. The highest BCUT2D eigenvalue weighted by atomic mass is 15.2. The maximum Gasteiger partial charge on any atom is 0.238 e. The molecular formula is C53H33N5. The van der Waals surface area contributed by atoms with Crippen LogP contribution >= 0.6 is 0 Å². The second kappa shape index (κ2) is 11.9. The average molecular weight is 740 g/mol. The van der Waals surface area contributed by atoms with Crippen molar-refractivity contribution in [2.45, 2.75) is 11.8 Å². The SMILES string of the molecule is c1ccc(-c2nc(-c3ccccc3)nc(-n3c4ccccc4c4c5c(ccc43)C3c4ccccc4C5c4c3ccc3c4c4ccccc4n3-c3ccccc3)n2)cc1. The number of para-hydroxylation sites is 3. The molecule has 2 atom stereocenters. The molecule has 0 N–H and O–H groups in total. The molecule has 0 fully saturated rings. The van der Waals surface area contributed by atoms with Crippen molar-refractivity contribution >= 4 is 43.6 Å². The molecule has 3 aliphatic carbocycles. The highest BCUT2D eigenvalue weighted by molar-refractivity contribution is 6.15. The maximum atomic E-state index is 5.25. The summed E-state index contributed by atoms with van der Waals surface area (Å²) >= 11 is 0. The molecule has 0 amide bonds. The normalized spacial score (nSPS) is 15.2. The van der Waals surface area contributed by atoms with E-state index in [4.69, 9.17) is 15.0 Å². The van der Waals surface area contributed by atoms with Crippen LogP contribution in [0.25, 0.3) is 78.0 Å². The fourth-order valence-electron chi connectivity index (χ4n) is 10.3. The van der Waals surface area contributed by atoms with E-state index in [2.05, 4.69) is 161 Å². The summed E-state index contributed by atoms with van der Waals surface area (Å²) in [6, 6.07) is 67.6. The third kappa shape index (κ3) is 4.27. The van der Waals surface area contributed by atoms with Crippen LogP contribution in [0, 0.1) is 0 Å². The van der Waals surface area contributed by atoms with Crippen LogP contribution < -0.4 is 0 Å². The number of rotatable bonds is 4. The van der Waals surface area contributed by atoms with Crippen molar-refractivity contribution in [3.63, 3.8) is 0 Å². The van der Waals surface area contributed by atoms with Crippen LogP contribution in [-0.2, 0) is 0 Å². The van der Waals surface area contributed by atoms with E-state index in [1.165, 1.54) is 71.6 Å². The first-order valence-electron chi connectivity index (χ1n) is 20.0. The molecule has 2 bridgehead atoms. The van der Waals surface area contributed by atoms with Gasteiger partial charge in [-0.2, -0.15) is 9.97 Å². The number of benzene rings is 8. The van der Waals surface area contributed by atoms with E-state index in [9.17, 15) is 0 Å². The third-order valence-corrected chi connectivity index (χ3v) is 12.5. The van der Waals surface area contributed by atoms with Gasteiger partial charge in [0, 0.05) is 50.2 Å². The molecule has 11 aromatic rings. The van der Waals surface area contributed by atoms with Crippen molar-refractivity contribution in [1.82, 2.24) is 24.1 Å². The summed E-state index contributed by atoms with van der Waals surface area (Å²) in [4.78, 5) is 15.5. The first kappa shape index (κ1) is 31.6. The highest BCUT2D eigenvalue weighted by Gasteiger charge is 2.44. The van der Waals surface area contributed by atoms with Gasteiger partial charge in [-0.3, -0.25) is 4.57 Å². The standard InChI is InChI=1S/C53H33N5/c1-4-16-32(17-5-1)51-54-52(33-18-6-2-7-19-33)56-53(55-51)58-42-27-15-13-25-38(42)47-44(58)31-29-40-45-35-22-10-11-23-36(35)48(50(40)47)49-39(45)28-30-43-46(49)37-24-12-14-26-41(37)57(43)34-20-8-3-9-21-34/h1-31,45,48H. The zero-order valence-electron chi connectivity index (χ0n) is 31.3. The summed E-state index contributed by atoms with van der Waals surface area (Å²) in [5.74, 6) is 2.02. The highest BCUT2D eigenvalue weighted by Crippen LogP contribution is 2.60.